The molecule has 2 heterocycles. The SMILES string of the molecule is Cc1nc(-c2cnc(Nc3ccc(S(C)(=O)=O)c(F)c3)nc2N)n[nH]1. The van der Waals surface area contributed by atoms with Crippen LogP contribution in [0.25, 0.3) is 11.4 Å². The van der Waals surface area contributed by atoms with Crippen LogP contribution in [0.1, 0.15) is 5.82 Å². The minimum absolute atomic E-state index is 0.125. The third-order valence-electron chi connectivity index (χ3n) is 3.24. The normalized spacial score (nSPS) is 11.5. The van der Waals surface area contributed by atoms with E-state index in [1.165, 1.54) is 18.3 Å². The van der Waals surface area contributed by atoms with Gasteiger partial charge in [0.15, 0.2) is 15.7 Å². The number of sulfone groups is 1. The van der Waals surface area contributed by atoms with Crippen molar-refractivity contribution in [2.45, 2.75) is 11.8 Å². The molecule has 0 fully saturated rings. The Morgan fingerprint density at radius 1 is 1.28 bits per heavy atom. The monoisotopic (exact) mass is 363 g/mol. The van der Waals surface area contributed by atoms with Gasteiger partial charge in [0.25, 0.3) is 0 Å². The lowest BCUT2D eigenvalue weighted by Crippen LogP contribution is -2.04. The second kappa shape index (κ2) is 6.09. The van der Waals surface area contributed by atoms with Crippen LogP contribution < -0.4 is 11.1 Å². The number of nitrogens with zero attached hydrogens (tertiary/aromatic N) is 4. The second-order valence-electron chi connectivity index (χ2n) is 5.28. The standard InChI is InChI=1S/C14H14FN7O2S/c1-7-18-13(22-21-7)9-6-17-14(20-12(9)16)19-8-3-4-11(10(15)5-8)25(2,23)24/h3-6H,1-2H3,(H,18,21,22)(H3,16,17,19,20). The summed E-state index contributed by atoms with van der Waals surface area (Å²) < 4.78 is 36.8. The van der Waals surface area contributed by atoms with Crippen LogP contribution >= 0.6 is 0 Å². The molecule has 0 bridgehead atoms. The number of halogens is 1. The number of rotatable bonds is 4. The molecule has 0 radical (unpaired) electrons. The van der Waals surface area contributed by atoms with E-state index in [1.54, 1.807) is 6.92 Å². The molecule has 2 aromatic heterocycles. The van der Waals surface area contributed by atoms with Crippen LogP contribution in [0.4, 0.5) is 21.8 Å². The smallest absolute Gasteiger partial charge is 0.229 e. The highest BCUT2D eigenvalue weighted by atomic mass is 32.2. The van der Waals surface area contributed by atoms with Gasteiger partial charge in [-0.3, -0.25) is 5.10 Å². The molecule has 0 aliphatic rings. The van der Waals surface area contributed by atoms with Crippen molar-refractivity contribution >= 4 is 27.3 Å². The average Bonchev–Trinajstić information content (AvgIpc) is 2.92. The molecule has 0 saturated carbocycles. The molecular weight excluding hydrogens is 349 g/mol. The van der Waals surface area contributed by atoms with Gasteiger partial charge < -0.3 is 11.1 Å². The van der Waals surface area contributed by atoms with Gasteiger partial charge in [0, 0.05) is 18.1 Å². The van der Waals surface area contributed by atoms with E-state index in [2.05, 4.69) is 30.5 Å². The van der Waals surface area contributed by atoms with Crippen molar-refractivity contribution in [3.05, 3.63) is 36.0 Å². The first-order chi connectivity index (χ1) is 11.7. The Labute approximate surface area is 142 Å². The maximum atomic E-state index is 13.9. The van der Waals surface area contributed by atoms with Crippen molar-refractivity contribution in [1.29, 1.82) is 0 Å². The molecule has 0 aliphatic carbocycles. The van der Waals surface area contributed by atoms with Crippen LogP contribution in [0.3, 0.4) is 0 Å². The third-order valence-corrected chi connectivity index (χ3v) is 4.37. The first-order valence-corrected chi connectivity index (χ1v) is 8.91. The van der Waals surface area contributed by atoms with Crippen molar-refractivity contribution in [2.24, 2.45) is 0 Å². The van der Waals surface area contributed by atoms with Crippen molar-refractivity contribution in [3.8, 4) is 11.4 Å². The molecular formula is C14H14FN7O2S. The van der Waals surface area contributed by atoms with Gasteiger partial charge in [0.2, 0.25) is 5.95 Å². The minimum atomic E-state index is -3.63. The first kappa shape index (κ1) is 16.8. The molecule has 3 aromatic rings. The Kier molecular flexibility index (Phi) is 4.08. The average molecular weight is 363 g/mol. The summed E-state index contributed by atoms with van der Waals surface area (Å²) in [6.07, 6.45) is 2.38. The largest absolute Gasteiger partial charge is 0.383 e. The number of nitrogens with one attached hydrogen (secondary N) is 2. The van der Waals surface area contributed by atoms with Crippen LogP contribution in [-0.4, -0.2) is 39.8 Å². The Hall–Kier alpha value is -3.08. The van der Waals surface area contributed by atoms with E-state index in [1.807, 2.05) is 0 Å². The Morgan fingerprint density at radius 2 is 2.04 bits per heavy atom. The Balaban J connectivity index is 1.87. The summed E-state index contributed by atoms with van der Waals surface area (Å²) in [4.78, 5) is 11.9. The third kappa shape index (κ3) is 3.55. The topological polar surface area (TPSA) is 140 Å². The zero-order valence-corrected chi connectivity index (χ0v) is 14.1. The van der Waals surface area contributed by atoms with Crippen molar-refractivity contribution in [1.82, 2.24) is 25.1 Å². The maximum Gasteiger partial charge on any atom is 0.229 e. The van der Waals surface area contributed by atoms with E-state index in [0.717, 1.165) is 12.3 Å². The van der Waals surface area contributed by atoms with Gasteiger partial charge in [-0.25, -0.2) is 22.8 Å². The van der Waals surface area contributed by atoms with E-state index in [4.69, 9.17) is 5.73 Å². The molecule has 4 N–H and O–H groups in total. The number of benzene rings is 1. The highest BCUT2D eigenvalue weighted by Gasteiger charge is 2.15. The molecule has 0 aliphatic heterocycles. The van der Waals surface area contributed by atoms with Gasteiger partial charge >= 0.3 is 0 Å². The summed E-state index contributed by atoms with van der Waals surface area (Å²) in [6, 6.07) is 3.62. The molecule has 9 nitrogen and oxygen atoms in total. The van der Waals surface area contributed by atoms with Crippen molar-refractivity contribution in [2.75, 3.05) is 17.3 Å². The van der Waals surface area contributed by atoms with Crippen LogP contribution in [-0.2, 0) is 9.84 Å². The molecule has 130 valence electrons. The van der Waals surface area contributed by atoms with Gasteiger partial charge in [-0.15, -0.1) is 0 Å². The molecule has 0 spiro atoms. The molecule has 0 unspecified atom stereocenters. The lowest BCUT2D eigenvalue weighted by atomic mass is 10.3. The maximum absolute atomic E-state index is 13.9. The molecule has 11 heteroatoms. The van der Waals surface area contributed by atoms with E-state index >= 15 is 0 Å². The Bertz CT molecular complexity index is 1050. The summed E-state index contributed by atoms with van der Waals surface area (Å²) in [5, 5.41) is 9.44. The fourth-order valence-corrected chi connectivity index (χ4v) is 2.83. The zero-order valence-electron chi connectivity index (χ0n) is 13.3. The molecule has 1 aromatic carbocycles. The summed E-state index contributed by atoms with van der Waals surface area (Å²) in [6.45, 7) is 1.75. The summed E-state index contributed by atoms with van der Waals surface area (Å²) in [5.41, 5.74) is 6.62. The van der Waals surface area contributed by atoms with Gasteiger partial charge in [0.05, 0.1) is 5.56 Å². The molecule has 25 heavy (non-hydrogen) atoms. The number of H-pyrrole nitrogens is 1. The summed E-state index contributed by atoms with van der Waals surface area (Å²) >= 11 is 0. The fraction of sp³-hybridized carbons (Fsp3) is 0.143. The van der Waals surface area contributed by atoms with Gasteiger partial charge in [0.1, 0.15) is 22.4 Å². The van der Waals surface area contributed by atoms with Crippen molar-refractivity contribution < 1.29 is 12.8 Å². The van der Waals surface area contributed by atoms with Gasteiger partial charge in [-0.05, 0) is 25.1 Å². The van der Waals surface area contributed by atoms with Crippen LogP contribution in [0.15, 0.2) is 29.3 Å². The number of aromatic nitrogens is 5. The lowest BCUT2D eigenvalue weighted by Gasteiger charge is -2.08. The second-order valence-corrected chi connectivity index (χ2v) is 7.26. The number of hydrogen-bond donors (Lipinski definition) is 3. The predicted molar refractivity (Wildman–Crippen MR) is 89.4 cm³/mol. The molecule has 0 saturated heterocycles. The first-order valence-electron chi connectivity index (χ1n) is 7.02. The number of hydrogen-bond acceptors (Lipinski definition) is 8. The molecule has 0 atom stereocenters. The van der Waals surface area contributed by atoms with E-state index in [-0.39, 0.29) is 22.3 Å². The van der Waals surface area contributed by atoms with Crippen molar-refractivity contribution in [3.63, 3.8) is 0 Å². The highest BCUT2D eigenvalue weighted by molar-refractivity contribution is 7.90. The number of aromatic amines is 1. The number of aryl methyl sites for hydroxylation is 1. The van der Waals surface area contributed by atoms with E-state index < -0.39 is 15.7 Å². The Morgan fingerprint density at radius 3 is 2.60 bits per heavy atom. The minimum Gasteiger partial charge on any atom is -0.383 e. The van der Waals surface area contributed by atoms with Gasteiger partial charge in [-0.2, -0.15) is 10.1 Å². The van der Waals surface area contributed by atoms with Gasteiger partial charge in [-0.1, -0.05) is 0 Å². The van der Waals surface area contributed by atoms with Crippen LogP contribution in [0.5, 0.6) is 0 Å². The molecule has 0 amide bonds. The summed E-state index contributed by atoms with van der Waals surface area (Å²) in [7, 11) is -3.63. The van der Waals surface area contributed by atoms with Crippen LogP contribution in [0.2, 0.25) is 0 Å². The summed E-state index contributed by atoms with van der Waals surface area (Å²) in [5.74, 6) is 0.390. The quantitative estimate of drug-likeness (QED) is 0.632. The lowest BCUT2D eigenvalue weighted by molar-refractivity contribution is 0.571. The number of nitrogen functional groups attached to an aromatic ring is 1. The fourth-order valence-electron chi connectivity index (χ4n) is 2.10. The van der Waals surface area contributed by atoms with Crippen LogP contribution in [0, 0.1) is 12.7 Å². The van der Waals surface area contributed by atoms with E-state index in [9.17, 15) is 12.8 Å². The highest BCUT2D eigenvalue weighted by Crippen LogP contribution is 2.24. The number of anilines is 3. The molecule has 3 rings (SSSR count). The predicted octanol–water partition coefficient (Wildman–Crippen LogP) is 1.44. The number of nitrogens with two attached hydrogens (primary N) is 1. The zero-order chi connectivity index (χ0) is 18.2. The van der Waals surface area contributed by atoms with E-state index in [0.29, 0.717) is 17.2 Å².